The average Bonchev–Trinajstić information content (AvgIpc) is 2.89. The number of hydrogen-bond acceptors (Lipinski definition) is 3. The van der Waals surface area contributed by atoms with Crippen LogP contribution in [0.5, 0.6) is 0 Å². The van der Waals surface area contributed by atoms with E-state index in [-0.39, 0.29) is 11.8 Å². The Morgan fingerprint density at radius 1 is 1.15 bits per heavy atom. The predicted molar refractivity (Wildman–Crippen MR) is 109 cm³/mol. The molecule has 0 aliphatic rings. The molecule has 0 fully saturated rings. The van der Waals surface area contributed by atoms with E-state index in [1.165, 1.54) is 16.9 Å². The average molecular weight is 373 g/mol. The molecule has 1 aromatic carbocycles. The van der Waals surface area contributed by atoms with Crippen LogP contribution in [0.4, 0.5) is 5.00 Å². The normalized spacial score (nSPS) is 12.2. The molecule has 140 valence electrons. The maximum atomic E-state index is 12.7. The molecule has 2 aromatic rings. The van der Waals surface area contributed by atoms with Crippen molar-refractivity contribution < 1.29 is 9.59 Å². The molecule has 1 atom stereocenters. The van der Waals surface area contributed by atoms with Crippen LogP contribution in [0, 0.1) is 12.8 Å². The number of carbonyl (C=O) groups is 2. The molecular formula is C21H28N2O2S. The first-order valence-electron chi connectivity index (χ1n) is 9.06. The smallest absolute Gasteiger partial charge is 0.251 e. The van der Waals surface area contributed by atoms with E-state index in [9.17, 15) is 9.59 Å². The number of nitrogens with one attached hydrogen (secondary N) is 1. The maximum Gasteiger partial charge on any atom is 0.251 e. The number of nitrogens with two attached hydrogens (primary N) is 1. The highest BCUT2D eigenvalue weighted by Gasteiger charge is 2.23. The molecule has 0 saturated carbocycles. The predicted octanol–water partition coefficient (Wildman–Crippen LogP) is 4.66. The summed E-state index contributed by atoms with van der Waals surface area (Å²) in [5.41, 5.74) is 9.14. The maximum absolute atomic E-state index is 12.7. The van der Waals surface area contributed by atoms with E-state index in [1.807, 2.05) is 32.9 Å². The minimum Gasteiger partial charge on any atom is -0.365 e. The van der Waals surface area contributed by atoms with Gasteiger partial charge in [-0.15, -0.1) is 11.3 Å². The van der Waals surface area contributed by atoms with Crippen molar-refractivity contribution in [3.05, 3.63) is 51.4 Å². The van der Waals surface area contributed by atoms with Gasteiger partial charge in [-0.3, -0.25) is 9.59 Å². The van der Waals surface area contributed by atoms with Crippen molar-refractivity contribution in [3.8, 4) is 0 Å². The van der Waals surface area contributed by atoms with Crippen LogP contribution >= 0.6 is 11.3 Å². The lowest BCUT2D eigenvalue weighted by molar-refractivity contribution is -0.117. The molecule has 5 heteroatoms. The van der Waals surface area contributed by atoms with Crippen molar-refractivity contribution in [2.75, 3.05) is 5.32 Å². The monoisotopic (exact) mass is 372 g/mol. The fourth-order valence-electron chi connectivity index (χ4n) is 3.14. The summed E-state index contributed by atoms with van der Waals surface area (Å²) >= 11 is 1.41. The van der Waals surface area contributed by atoms with Crippen molar-refractivity contribution in [3.63, 3.8) is 0 Å². The summed E-state index contributed by atoms with van der Waals surface area (Å²) in [6.45, 7) is 10.2. The highest BCUT2D eigenvalue weighted by Crippen LogP contribution is 2.34. The van der Waals surface area contributed by atoms with Crippen molar-refractivity contribution in [2.24, 2.45) is 11.7 Å². The number of benzene rings is 1. The lowest BCUT2D eigenvalue weighted by Crippen LogP contribution is -2.21. The number of amides is 2. The van der Waals surface area contributed by atoms with Gasteiger partial charge < -0.3 is 11.1 Å². The summed E-state index contributed by atoms with van der Waals surface area (Å²) < 4.78 is 0. The van der Waals surface area contributed by atoms with Gasteiger partial charge in [0, 0.05) is 4.88 Å². The van der Waals surface area contributed by atoms with Crippen LogP contribution in [-0.4, -0.2) is 11.8 Å². The summed E-state index contributed by atoms with van der Waals surface area (Å²) in [6, 6.07) is 8.18. The number of anilines is 1. The van der Waals surface area contributed by atoms with E-state index in [2.05, 4.69) is 31.3 Å². The molecule has 1 unspecified atom stereocenters. The van der Waals surface area contributed by atoms with Gasteiger partial charge in [-0.2, -0.15) is 0 Å². The van der Waals surface area contributed by atoms with Crippen LogP contribution in [-0.2, 0) is 17.6 Å². The molecule has 2 rings (SSSR count). The zero-order chi connectivity index (χ0) is 19.4. The molecule has 0 saturated heterocycles. The minimum absolute atomic E-state index is 0.131. The first-order valence-corrected chi connectivity index (χ1v) is 9.87. The molecule has 0 aliphatic heterocycles. The summed E-state index contributed by atoms with van der Waals surface area (Å²) in [5.74, 6) is -0.333. The van der Waals surface area contributed by atoms with E-state index >= 15 is 0 Å². The second-order valence-electron chi connectivity index (χ2n) is 7.11. The highest BCUT2D eigenvalue weighted by atomic mass is 32.1. The fourth-order valence-corrected chi connectivity index (χ4v) is 4.29. The van der Waals surface area contributed by atoms with Gasteiger partial charge in [0.25, 0.3) is 5.91 Å². The van der Waals surface area contributed by atoms with Gasteiger partial charge in [-0.05, 0) is 49.3 Å². The highest BCUT2D eigenvalue weighted by molar-refractivity contribution is 7.16. The zero-order valence-corrected chi connectivity index (χ0v) is 17.0. The molecule has 26 heavy (non-hydrogen) atoms. The molecule has 0 bridgehead atoms. The number of carbonyl (C=O) groups excluding carboxylic acids is 2. The fraction of sp³-hybridized carbons (Fsp3) is 0.429. The second kappa shape index (κ2) is 8.49. The van der Waals surface area contributed by atoms with E-state index < -0.39 is 5.91 Å². The standard InChI is InChI=1S/C21H28N2O2S/c1-6-17-14(5)26-21(18(17)19(22)24)23-20(25)13(4)16-9-7-15(8-10-16)11-12(2)3/h7-10,12-13H,6,11H2,1-5H3,(H2,22,24)(H,23,25). The van der Waals surface area contributed by atoms with E-state index in [4.69, 9.17) is 5.73 Å². The molecule has 3 N–H and O–H groups in total. The molecular weight excluding hydrogens is 344 g/mol. The summed E-state index contributed by atoms with van der Waals surface area (Å²) in [4.78, 5) is 25.6. The Morgan fingerprint density at radius 2 is 1.77 bits per heavy atom. The van der Waals surface area contributed by atoms with Crippen molar-refractivity contribution in [1.29, 1.82) is 0 Å². The van der Waals surface area contributed by atoms with Gasteiger partial charge in [-0.25, -0.2) is 0 Å². The molecule has 4 nitrogen and oxygen atoms in total. The van der Waals surface area contributed by atoms with Crippen molar-refractivity contribution >= 4 is 28.2 Å². The SMILES string of the molecule is CCc1c(C)sc(NC(=O)C(C)c2ccc(CC(C)C)cc2)c1C(N)=O. The van der Waals surface area contributed by atoms with E-state index in [0.29, 0.717) is 22.9 Å². The van der Waals surface area contributed by atoms with E-state index in [1.54, 1.807) is 0 Å². The van der Waals surface area contributed by atoms with Crippen molar-refractivity contribution in [2.45, 2.75) is 53.4 Å². The molecule has 0 aliphatic carbocycles. The Kier molecular flexibility index (Phi) is 6.59. The summed E-state index contributed by atoms with van der Waals surface area (Å²) in [7, 11) is 0. The Morgan fingerprint density at radius 3 is 2.27 bits per heavy atom. The van der Waals surface area contributed by atoms with Crippen LogP contribution in [0.3, 0.4) is 0 Å². The quantitative estimate of drug-likeness (QED) is 0.742. The van der Waals surface area contributed by atoms with Crippen LogP contribution in [0.25, 0.3) is 0 Å². The molecule has 0 radical (unpaired) electrons. The Balaban J connectivity index is 2.18. The molecule has 1 heterocycles. The minimum atomic E-state index is -0.493. The zero-order valence-electron chi connectivity index (χ0n) is 16.2. The van der Waals surface area contributed by atoms with Gasteiger partial charge in [0.15, 0.2) is 0 Å². The van der Waals surface area contributed by atoms with Crippen LogP contribution < -0.4 is 11.1 Å². The summed E-state index contributed by atoms with van der Waals surface area (Å²) in [6.07, 6.45) is 1.74. The third-order valence-electron chi connectivity index (χ3n) is 4.56. The summed E-state index contributed by atoms with van der Waals surface area (Å²) in [5, 5.41) is 3.47. The largest absolute Gasteiger partial charge is 0.365 e. The number of rotatable bonds is 7. The second-order valence-corrected chi connectivity index (χ2v) is 8.33. The first-order chi connectivity index (χ1) is 12.2. The van der Waals surface area contributed by atoms with Crippen molar-refractivity contribution in [1.82, 2.24) is 0 Å². The third kappa shape index (κ3) is 4.52. The van der Waals surface area contributed by atoms with Gasteiger partial charge in [-0.1, -0.05) is 45.0 Å². The van der Waals surface area contributed by atoms with Gasteiger partial charge in [0.05, 0.1) is 11.5 Å². The third-order valence-corrected chi connectivity index (χ3v) is 5.63. The van der Waals surface area contributed by atoms with Gasteiger partial charge in [0.2, 0.25) is 5.91 Å². The lowest BCUT2D eigenvalue weighted by atomic mass is 9.96. The Labute approximate surface area is 159 Å². The number of thiophene rings is 1. The Hall–Kier alpha value is -2.14. The van der Waals surface area contributed by atoms with Crippen LogP contribution in [0.15, 0.2) is 24.3 Å². The number of aryl methyl sites for hydroxylation is 1. The number of primary amides is 1. The Bertz CT molecular complexity index is 791. The topological polar surface area (TPSA) is 72.2 Å². The van der Waals surface area contributed by atoms with E-state index in [0.717, 1.165) is 22.4 Å². The van der Waals surface area contributed by atoms with Crippen LogP contribution in [0.2, 0.25) is 0 Å². The molecule has 0 spiro atoms. The molecule has 2 amide bonds. The van der Waals surface area contributed by atoms with Gasteiger partial charge >= 0.3 is 0 Å². The number of hydrogen-bond donors (Lipinski definition) is 2. The van der Waals surface area contributed by atoms with Gasteiger partial charge in [0.1, 0.15) is 5.00 Å². The molecule has 1 aromatic heterocycles. The first kappa shape index (κ1) is 20.2. The van der Waals surface area contributed by atoms with Crippen LogP contribution in [0.1, 0.15) is 65.5 Å². The lowest BCUT2D eigenvalue weighted by Gasteiger charge is -2.14.